The van der Waals surface area contributed by atoms with Crippen LogP contribution in [0.15, 0.2) is 28.7 Å². The van der Waals surface area contributed by atoms with Crippen molar-refractivity contribution in [2.24, 2.45) is 12.8 Å². The Labute approximate surface area is 91.8 Å². The molecule has 0 radical (unpaired) electrons. The summed E-state index contributed by atoms with van der Waals surface area (Å²) < 4.78 is 3.34. The highest BCUT2D eigenvalue weighted by molar-refractivity contribution is 9.10. The highest BCUT2D eigenvalue weighted by atomic mass is 79.9. The van der Waals surface area contributed by atoms with E-state index in [1.54, 1.807) is 0 Å². The minimum atomic E-state index is 0.696. The summed E-state index contributed by atoms with van der Waals surface area (Å²) in [5, 5.41) is 1.27. The van der Waals surface area contributed by atoms with E-state index in [-0.39, 0.29) is 0 Å². The minimum Gasteiger partial charge on any atom is -0.347 e. The molecular weight excluding hydrogens is 240 g/mol. The van der Waals surface area contributed by atoms with E-state index in [9.17, 15) is 0 Å². The van der Waals surface area contributed by atoms with Crippen molar-refractivity contribution < 1.29 is 0 Å². The molecule has 0 amide bonds. The number of hydrogen-bond donors (Lipinski definition) is 1. The molecule has 0 fully saturated rings. The van der Waals surface area contributed by atoms with Gasteiger partial charge in [0.15, 0.2) is 0 Å². The maximum Gasteiger partial charge on any atom is 0.0624 e. The zero-order valence-corrected chi connectivity index (χ0v) is 9.71. The third-order valence-corrected chi connectivity index (χ3v) is 3.15. The fourth-order valence-electron chi connectivity index (χ4n) is 1.81. The average molecular weight is 253 g/mol. The predicted molar refractivity (Wildman–Crippen MR) is 63.4 cm³/mol. The van der Waals surface area contributed by atoms with Crippen LogP contribution in [0, 0.1) is 0 Å². The van der Waals surface area contributed by atoms with Gasteiger partial charge in [0.1, 0.15) is 0 Å². The molecule has 0 unspecified atom stereocenters. The molecule has 1 aromatic heterocycles. The summed E-state index contributed by atoms with van der Waals surface area (Å²) in [6, 6.07) is 8.44. The molecule has 0 bridgehead atoms. The Balaban J connectivity index is 2.68. The second-order valence-electron chi connectivity index (χ2n) is 3.41. The van der Waals surface area contributed by atoms with E-state index in [0.717, 1.165) is 10.9 Å². The maximum absolute atomic E-state index is 5.56. The second-order valence-corrected chi connectivity index (χ2v) is 4.27. The standard InChI is InChI=1S/C11H13BrN2/c1-14-9(5-6-13)7-8-3-2-4-10(12)11(8)14/h2-4,7H,5-6,13H2,1H3. The van der Waals surface area contributed by atoms with Crippen LogP contribution in [-0.4, -0.2) is 11.1 Å². The number of benzene rings is 1. The first-order valence-corrected chi connectivity index (χ1v) is 5.46. The Morgan fingerprint density at radius 3 is 2.86 bits per heavy atom. The fraction of sp³-hybridized carbons (Fsp3) is 0.273. The molecule has 2 aromatic rings. The van der Waals surface area contributed by atoms with Gasteiger partial charge in [0.05, 0.1) is 5.52 Å². The number of rotatable bonds is 2. The summed E-state index contributed by atoms with van der Waals surface area (Å²) in [5.41, 5.74) is 8.10. The van der Waals surface area contributed by atoms with Gasteiger partial charge in [-0.05, 0) is 41.0 Å². The van der Waals surface area contributed by atoms with Gasteiger partial charge in [0.2, 0.25) is 0 Å². The highest BCUT2D eigenvalue weighted by Crippen LogP contribution is 2.26. The van der Waals surface area contributed by atoms with Gasteiger partial charge in [0.25, 0.3) is 0 Å². The van der Waals surface area contributed by atoms with Gasteiger partial charge in [-0.2, -0.15) is 0 Å². The van der Waals surface area contributed by atoms with E-state index in [4.69, 9.17) is 5.73 Å². The Morgan fingerprint density at radius 2 is 2.21 bits per heavy atom. The van der Waals surface area contributed by atoms with Crippen molar-refractivity contribution in [3.05, 3.63) is 34.4 Å². The number of nitrogens with zero attached hydrogens (tertiary/aromatic N) is 1. The van der Waals surface area contributed by atoms with E-state index in [0.29, 0.717) is 6.54 Å². The summed E-state index contributed by atoms with van der Waals surface area (Å²) in [4.78, 5) is 0. The van der Waals surface area contributed by atoms with Crippen LogP contribution in [0.25, 0.3) is 10.9 Å². The number of fused-ring (bicyclic) bond motifs is 1. The number of aromatic nitrogens is 1. The van der Waals surface area contributed by atoms with Crippen LogP contribution in [-0.2, 0) is 13.5 Å². The number of para-hydroxylation sites is 1. The monoisotopic (exact) mass is 252 g/mol. The zero-order chi connectivity index (χ0) is 10.1. The van der Waals surface area contributed by atoms with Gasteiger partial charge in [-0.3, -0.25) is 0 Å². The molecule has 14 heavy (non-hydrogen) atoms. The number of aryl methyl sites for hydroxylation is 1. The lowest BCUT2D eigenvalue weighted by molar-refractivity contribution is 0.826. The number of halogens is 1. The van der Waals surface area contributed by atoms with Crippen LogP contribution < -0.4 is 5.73 Å². The topological polar surface area (TPSA) is 30.9 Å². The third-order valence-electron chi connectivity index (χ3n) is 2.51. The second kappa shape index (κ2) is 3.75. The molecule has 0 aliphatic rings. The molecule has 0 saturated heterocycles. The van der Waals surface area contributed by atoms with Crippen molar-refractivity contribution in [3.63, 3.8) is 0 Å². The third kappa shape index (κ3) is 1.47. The van der Waals surface area contributed by atoms with Crippen LogP contribution in [0.2, 0.25) is 0 Å². The number of hydrogen-bond acceptors (Lipinski definition) is 1. The molecule has 0 aliphatic carbocycles. The van der Waals surface area contributed by atoms with Crippen molar-refractivity contribution in [1.82, 2.24) is 4.57 Å². The van der Waals surface area contributed by atoms with Gasteiger partial charge in [0, 0.05) is 22.6 Å². The first-order chi connectivity index (χ1) is 6.74. The lowest BCUT2D eigenvalue weighted by atomic mass is 10.2. The molecule has 0 atom stereocenters. The lowest BCUT2D eigenvalue weighted by Gasteiger charge is -2.03. The normalized spacial score (nSPS) is 11.1. The quantitative estimate of drug-likeness (QED) is 0.875. The van der Waals surface area contributed by atoms with Crippen LogP contribution in [0.5, 0.6) is 0 Å². The van der Waals surface area contributed by atoms with Crippen LogP contribution in [0.3, 0.4) is 0 Å². The fourth-order valence-corrected chi connectivity index (χ4v) is 2.46. The lowest BCUT2D eigenvalue weighted by Crippen LogP contribution is -2.06. The predicted octanol–water partition coefficient (Wildman–Crippen LogP) is 2.44. The van der Waals surface area contributed by atoms with Crippen molar-refractivity contribution >= 4 is 26.8 Å². The van der Waals surface area contributed by atoms with Gasteiger partial charge < -0.3 is 10.3 Å². The molecule has 1 aromatic carbocycles. The molecule has 2 nitrogen and oxygen atoms in total. The van der Waals surface area contributed by atoms with Gasteiger partial charge in [-0.1, -0.05) is 12.1 Å². The smallest absolute Gasteiger partial charge is 0.0624 e. The SMILES string of the molecule is Cn1c(CCN)cc2cccc(Br)c21. The van der Waals surface area contributed by atoms with Crippen LogP contribution >= 0.6 is 15.9 Å². The Bertz CT molecular complexity index is 460. The molecule has 0 aliphatic heterocycles. The average Bonchev–Trinajstić information content (AvgIpc) is 2.46. The summed E-state index contributed by atoms with van der Waals surface area (Å²) >= 11 is 3.56. The maximum atomic E-state index is 5.56. The highest BCUT2D eigenvalue weighted by Gasteiger charge is 2.06. The molecule has 2 rings (SSSR count). The van der Waals surface area contributed by atoms with E-state index in [1.807, 2.05) is 0 Å². The molecule has 1 heterocycles. The molecule has 0 saturated carbocycles. The number of nitrogens with two attached hydrogens (primary N) is 1. The van der Waals surface area contributed by atoms with Gasteiger partial charge in [-0.15, -0.1) is 0 Å². The molecular formula is C11H13BrN2. The summed E-state index contributed by atoms with van der Waals surface area (Å²) in [6.45, 7) is 0.696. The molecule has 2 N–H and O–H groups in total. The van der Waals surface area contributed by atoms with Crippen LogP contribution in [0.1, 0.15) is 5.69 Å². The van der Waals surface area contributed by atoms with Crippen molar-refractivity contribution in [2.75, 3.05) is 6.54 Å². The molecule has 3 heteroatoms. The minimum absolute atomic E-state index is 0.696. The summed E-state index contributed by atoms with van der Waals surface area (Å²) in [5.74, 6) is 0. The Morgan fingerprint density at radius 1 is 1.43 bits per heavy atom. The van der Waals surface area contributed by atoms with E-state index in [1.165, 1.54) is 16.6 Å². The van der Waals surface area contributed by atoms with Gasteiger partial charge >= 0.3 is 0 Å². The van der Waals surface area contributed by atoms with E-state index in [2.05, 4.69) is 51.8 Å². The molecule has 0 spiro atoms. The first kappa shape index (κ1) is 9.74. The Kier molecular flexibility index (Phi) is 2.61. The summed E-state index contributed by atoms with van der Waals surface area (Å²) in [7, 11) is 2.08. The van der Waals surface area contributed by atoms with E-state index >= 15 is 0 Å². The van der Waals surface area contributed by atoms with Crippen molar-refractivity contribution in [1.29, 1.82) is 0 Å². The zero-order valence-electron chi connectivity index (χ0n) is 8.13. The van der Waals surface area contributed by atoms with Crippen LogP contribution in [0.4, 0.5) is 0 Å². The largest absolute Gasteiger partial charge is 0.347 e. The van der Waals surface area contributed by atoms with Crippen molar-refractivity contribution in [2.45, 2.75) is 6.42 Å². The Hall–Kier alpha value is -0.800. The summed E-state index contributed by atoms with van der Waals surface area (Å²) in [6.07, 6.45) is 0.928. The van der Waals surface area contributed by atoms with E-state index < -0.39 is 0 Å². The molecule has 74 valence electrons. The van der Waals surface area contributed by atoms with Gasteiger partial charge in [-0.25, -0.2) is 0 Å². The van der Waals surface area contributed by atoms with Crippen molar-refractivity contribution in [3.8, 4) is 0 Å². The first-order valence-electron chi connectivity index (χ1n) is 4.67.